The highest BCUT2D eigenvalue weighted by molar-refractivity contribution is 5.99. The Morgan fingerprint density at radius 3 is 2.61 bits per heavy atom. The van der Waals surface area contributed by atoms with Crippen LogP contribution in [0, 0.1) is 5.92 Å². The number of nitrogens with zero attached hydrogens (tertiary/aromatic N) is 2. The van der Waals surface area contributed by atoms with Crippen molar-refractivity contribution < 1.29 is 19.1 Å². The molecule has 0 aromatic heterocycles. The van der Waals surface area contributed by atoms with Crippen molar-refractivity contribution in [2.24, 2.45) is 5.92 Å². The second kappa shape index (κ2) is 5.47. The van der Waals surface area contributed by atoms with Crippen LogP contribution in [-0.4, -0.2) is 72.0 Å². The Kier molecular flexibility index (Phi) is 3.55. The standard InChI is InChI=1S/C16H23N3O4/c1-23-10-7-12-15(21)18-6-5-11(13(18)16(22)19(12)8-10)17-14(20)9-3-2-4-9/h9-13H,2-8H2,1H3,(H,17,20)/t10-,11+,12+,13+/m1/s1. The molecule has 3 saturated heterocycles. The van der Waals surface area contributed by atoms with E-state index in [1.807, 2.05) is 0 Å². The molecule has 4 rings (SSSR count). The Labute approximate surface area is 135 Å². The Morgan fingerprint density at radius 1 is 1.17 bits per heavy atom. The molecule has 1 N–H and O–H groups in total. The van der Waals surface area contributed by atoms with Crippen LogP contribution in [0.4, 0.5) is 0 Å². The lowest BCUT2D eigenvalue weighted by Crippen LogP contribution is -2.64. The Balaban J connectivity index is 1.50. The van der Waals surface area contributed by atoms with Gasteiger partial charge in [0.1, 0.15) is 12.1 Å². The van der Waals surface area contributed by atoms with Crippen LogP contribution in [0.15, 0.2) is 0 Å². The van der Waals surface area contributed by atoms with Gasteiger partial charge in [-0.25, -0.2) is 0 Å². The minimum Gasteiger partial charge on any atom is -0.380 e. The minimum atomic E-state index is -0.529. The summed E-state index contributed by atoms with van der Waals surface area (Å²) in [6, 6.07) is -1.16. The van der Waals surface area contributed by atoms with Gasteiger partial charge in [0.15, 0.2) is 0 Å². The molecule has 0 aromatic rings. The van der Waals surface area contributed by atoms with E-state index >= 15 is 0 Å². The summed E-state index contributed by atoms with van der Waals surface area (Å²) in [4.78, 5) is 41.1. The van der Waals surface area contributed by atoms with Crippen molar-refractivity contribution in [3.8, 4) is 0 Å². The number of piperazine rings is 1. The smallest absolute Gasteiger partial charge is 0.248 e. The SMILES string of the molecule is CO[C@@H]1C[C@H]2C(=O)N3CC[C@H](NC(=O)C4CCC4)[C@H]3C(=O)N2C1. The third kappa shape index (κ3) is 2.24. The summed E-state index contributed by atoms with van der Waals surface area (Å²) in [7, 11) is 1.61. The largest absolute Gasteiger partial charge is 0.380 e. The average Bonchev–Trinajstić information content (AvgIpc) is 3.07. The van der Waals surface area contributed by atoms with Crippen LogP contribution in [0.25, 0.3) is 0 Å². The molecular formula is C16H23N3O4. The molecule has 4 fully saturated rings. The normalized spacial score (nSPS) is 36.7. The van der Waals surface area contributed by atoms with E-state index in [0.29, 0.717) is 25.9 Å². The number of hydrogen-bond acceptors (Lipinski definition) is 4. The van der Waals surface area contributed by atoms with Crippen LogP contribution in [0.3, 0.4) is 0 Å². The van der Waals surface area contributed by atoms with E-state index in [4.69, 9.17) is 4.74 Å². The topological polar surface area (TPSA) is 79.0 Å². The summed E-state index contributed by atoms with van der Waals surface area (Å²) < 4.78 is 5.33. The molecular weight excluding hydrogens is 298 g/mol. The number of carbonyl (C=O) groups is 3. The van der Waals surface area contributed by atoms with Crippen molar-refractivity contribution in [2.75, 3.05) is 20.2 Å². The number of ether oxygens (including phenoxy) is 1. The minimum absolute atomic E-state index is 0.00884. The number of nitrogens with one attached hydrogen (secondary N) is 1. The van der Waals surface area contributed by atoms with Gasteiger partial charge in [0.05, 0.1) is 12.1 Å². The van der Waals surface area contributed by atoms with Crippen LogP contribution >= 0.6 is 0 Å². The fourth-order valence-electron chi connectivity index (χ4n) is 4.27. The van der Waals surface area contributed by atoms with Gasteiger partial charge in [0, 0.05) is 32.5 Å². The molecule has 7 heteroatoms. The van der Waals surface area contributed by atoms with Gasteiger partial charge < -0.3 is 19.9 Å². The summed E-state index contributed by atoms with van der Waals surface area (Å²) in [5.74, 6) is 0.109. The van der Waals surface area contributed by atoms with Crippen molar-refractivity contribution in [2.45, 2.75) is 56.3 Å². The Bertz CT molecular complexity index is 547. The van der Waals surface area contributed by atoms with Crippen LogP contribution in [-0.2, 0) is 19.1 Å². The second-order valence-electron chi connectivity index (χ2n) is 7.11. The molecule has 1 saturated carbocycles. The lowest BCUT2D eigenvalue weighted by molar-refractivity contribution is -0.157. The van der Waals surface area contributed by atoms with E-state index in [1.165, 1.54) is 0 Å². The van der Waals surface area contributed by atoms with E-state index in [0.717, 1.165) is 19.3 Å². The maximum atomic E-state index is 12.9. The van der Waals surface area contributed by atoms with Crippen molar-refractivity contribution in [3.05, 3.63) is 0 Å². The molecule has 4 aliphatic rings. The maximum absolute atomic E-state index is 12.9. The van der Waals surface area contributed by atoms with Gasteiger partial charge in [-0.3, -0.25) is 14.4 Å². The molecule has 3 aliphatic heterocycles. The molecule has 126 valence electrons. The van der Waals surface area contributed by atoms with Gasteiger partial charge in [-0.1, -0.05) is 6.42 Å². The zero-order valence-electron chi connectivity index (χ0n) is 13.4. The predicted octanol–water partition coefficient (Wildman–Crippen LogP) is -0.498. The molecule has 0 unspecified atom stereocenters. The quantitative estimate of drug-likeness (QED) is 0.760. The first-order valence-corrected chi connectivity index (χ1v) is 8.54. The van der Waals surface area contributed by atoms with Crippen LogP contribution < -0.4 is 5.32 Å². The van der Waals surface area contributed by atoms with E-state index in [1.54, 1.807) is 16.9 Å². The number of amides is 3. The van der Waals surface area contributed by atoms with E-state index in [2.05, 4.69) is 5.32 Å². The maximum Gasteiger partial charge on any atom is 0.248 e. The summed E-state index contributed by atoms with van der Waals surface area (Å²) in [5.41, 5.74) is 0. The summed E-state index contributed by atoms with van der Waals surface area (Å²) in [5, 5.41) is 3.02. The summed E-state index contributed by atoms with van der Waals surface area (Å²) in [6.45, 7) is 1.02. The zero-order chi connectivity index (χ0) is 16.1. The Morgan fingerprint density at radius 2 is 1.96 bits per heavy atom. The van der Waals surface area contributed by atoms with Gasteiger partial charge in [0.2, 0.25) is 17.7 Å². The number of fused-ring (bicyclic) bond motifs is 2. The highest BCUT2D eigenvalue weighted by Gasteiger charge is 2.55. The molecule has 23 heavy (non-hydrogen) atoms. The molecule has 0 spiro atoms. The first-order chi connectivity index (χ1) is 11.1. The number of rotatable bonds is 3. The fraction of sp³-hybridized carbons (Fsp3) is 0.812. The van der Waals surface area contributed by atoms with Gasteiger partial charge in [-0.15, -0.1) is 0 Å². The molecule has 3 heterocycles. The third-order valence-electron chi connectivity index (χ3n) is 5.90. The zero-order valence-corrected chi connectivity index (χ0v) is 13.4. The van der Waals surface area contributed by atoms with E-state index < -0.39 is 6.04 Å². The lowest BCUT2D eigenvalue weighted by Gasteiger charge is -2.40. The fourth-order valence-corrected chi connectivity index (χ4v) is 4.27. The number of carbonyl (C=O) groups excluding carboxylic acids is 3. The predicted molar refractivity (Wildman–Crippen MR) is 80.3 cm³/mol. The van der Waals surface area contributed by atoms with Crippen molar-refractivity contribution in [3.63, 3.8) is 0 Å². The van der Waals surface area contributed by atoms with Crippen molar-refractivity contribution >= 4 is 17.7 Å². The number of methoxy groups -OCH3 is 1. The monoisotopic (exact) mass is 321 g/mol. The van der Waals surface area contributed by atoms with E-state index in [9.17, 15) is 14.4 Å². The average molecular weight is 321 g/mol. The first kappa shape index (κ1) is 14.9. The molecule has 4 atom stereocenters. The van der Waals surface area contributed by atoms with Crippen LogP contribution in [0.1, 0.15) is 32.1 Å². The number of hydrogen-bond donors (Lipinski definition) is 1. The second-order valence-corrected chi connectivity index (χ2v) is 7.11. The van der Waals surface area contributed by atoms with Gasteiger partial charge >= 0.3 is 0 Å². The molecule has 0 radical (unpaired) electrons. The third-order valence-corrected chi connectivity index (χ3v) is 5.90. The van der Waals surface area contributed by atoms with Crippen LogP contribution in [0.2, 0.25) is 0 Å². The Hall–Kier alpha value is -1.63. The molecule has 7 nitrogen and oxygen atoms in total. The molecule has 0 bridgehead atoms. The molecule has 1 aliphatic carbocycles. The highest BCUT2D eigenvalue weighted by Crippen LogP contribution is 2.34. The summed E-state index contributed by atoms with van der Waals surface area (Å²) in [6.07, 6.45) is 4.13. The highest BCUT2D eigenvalue weighted by atomic mass is 16.5. The van der Waals surface area contributed by atoms with Crippen molar-refractivity contribution in [1.29, 1.82) is 0 Å². The summed E-state index contributed by atoms with van der Waals surface area (Å²) >= 11 is 0. The van der Waals surface area contributed by atoms with Gasteiger partial charge in [-0.05, 0) is 19.3 Å². The van der Waals surface area contributed by atoms with Crippen LogP contribution in [0.5, 0.6) is 0 Å². The van der Waals surface area contributed by atoms with Gasteiger partial charge in [-0.2, -0.15) is 0 Å². The lowest BCUT2D eigenvalue weighted by atomic mass is 9.84. The van der Waals surface area contributed by atoms with E-state index in [-0.39, 0.29) is 41.8 Å². The first-order valence-electron chi connectivity index (χ1n) is 8.54. The molecule has 0 aromatic carbocycles. The van der Waals surface area contributed by atoms with Crippen molar-refractivity contribution in [1.82, 2.24) is 15.1 Å². The van der Waals surface area contributed by atoms with Gasteiger partial charge in [0.25, 0.3) is 0 Å². The molecule has 3 amide bonds.